The van der Waals surface area contributed by atoms with Crippen LogP contribution < -0.4 is 10.4 Å². The summed E-state index contributed by atoms with van der Waals surface area (Å²) in [5.74, 6) is -6.34. The molecule has 0 saturated carbocycles. The second-order valence-electron chi connectivity index (χ2n) is 8.21. The van der Waals surface area contributed by atoms with Crippen LogP contribution in [0.25, 0.3) is 12.2 Å². The maximum absolute atomic E-state index is 13.2. The standard InChI is InChI=1S/C21H25F3O4/c1-11(2)28-19(27)16(18(26)21(22,23)24)14-10-15(20(3,4)5)12-8-6-7-9-13(12)17(14)25/h8-11,16,25H,6-7H2,1-5H3. The Balaban J connectivity index is 2.84. The number of fused-ring (bicyclic) bond motifs is 1. The number of phenolic OH excluding ortho intramolecular Hbond substituents is 1. The van der Waals surface area contributed by atoms with Gasteiger partial charge in [-0.05, 0) is 49.0 Å². The van der Waals surface area contributed by atoms with Crippen molar-refractivity contribution < 1.29 is 32.6 Å². The Morgan fingerprint density at radius 2 is 1.61 bits per heavy atom. The predicted molar refractivity (Wildman–Crippen MR) is 99.3 cm³/mol. The van der Waals surface area contributed by atoms with Crippen molar-refractivity contribution in [3.63, 3.8) is 0 Å². The number of aromatic hydroxyl groups is 1. The van der Waals surface area contributed by atoms with Crippen molar-refractivity contribution in [2.24, 2.45) is 0 Å². The van der Waals surface area contributed by atoms with Gasteiger partial charge in [-0.15, -0.1) is 0 Å². The molecule has 0 fully saturated rings. The molecule has 7 heteroatoms. The molecule has 0 aliphatic heterocycles. The van der Waals surface area contributed by atoms with Gasteiger partial charge in [-0.1, -0.05) is 32.9 Å². The average Bonchev–Trinajstić information content (AvgIpc) is 2.54. The topological polar surface area (TPSA) is 63.6 Å². The molecule has 1 aromatic rings. The van der Waals surface area contributed by atoms with E-state index in [1.165, 1.54) is 19.9 Å². The number of alkyl halides is 3. The summed E-state index contributed by atoms with van der Waals surface area (Å²) < 4.78 is 44.6. The van der Waals surface area contributed by atoms with Crippen LogP contribution in [0.15, 0.2) is 6.07 Å². The third kappa shape index (κ3) is 4.39. The van der Waals surface area contributed by atoms with Gasteiger partial charge in [-0.3, -0.25) is 9.59 Å². The first kappa shape index (κ1) is 22.0. The van der Waals surface area contributed by atoms with E-state index in [2.05, 4.69) is 0 Å². The fourth-order valence-corrected chi connectivity index (χ4v) is 3.29. The predicted octanol–water partition coefficient (Wildman–Crippen LogP) is 3.21. The molecule has 154 valence electrons. The molecular weight excluding hydrogens is 373 g/mol. The second kappa shape index (κ2) is 7.60. The summed E-state index contributed by atoms with van der Waals surface area (Å²) in [5, 5.41) is 11.8. The molecule has 1 N–H and O–H groups in total. The van der Waals surface area contributed by atoms with E-state index in [4.69, 9.17) is 4.74 Å². The molecule has 1 unspecified atom stereocenters. The molecule has 2 rings (SSSR count). The van der Waals surface area contributed by atoms with Gasteiger partial charge >= 0.3 is 12.1 Å². The second-order valence-corrected chi connectivity index (χ2v) is 8.21. The van der Waals surface area contributed by atoms with Crippen LogP contribution in [0, 0.1) is 0 Å². The van der Waals surface area contributed by atoms with E-state index >= 15 is 0 Å². The highest BCUT2D eigenvalue weighted by Gasteiger charge is 2.49. The first-order chi connectivity index (χ1) is 12.7. The van der Waals surface area contributed by atoms with E-state index in [1.54, 1.807) is 6.08 Å². The van der Waals surface area contributed by atoms with Gasteiger partial charge in [0.1, 0.15) is 5.75 Å². The normalized spacial score (nSPS) is 15.3. The van der Waals surface area contributed by atoms with Gasteiger partial charge in [0, 0.05) is 10.8 Å². The van der Waals surface area contributed by atoms with Crippen LogP contribution in [-0.2, 0) is 19.7 Å². The monoisotopic (exact) mass is 398 g/mol. The minimum Gasteiger partial charge on any atom is -0.507 e. The summed E-state index contributed by atoms with van der Waals surface area (Å²) >= 11 is 0. The van der Waals surface area contributed by atoms with Gasteiger partial charge in [0.2, 0.25) is 0 Å². The van der Waals surface area contributed by atoms with Crippen molar-refractivity contribution in [3.05, 3.63) is 27.6 Å². The van der Waals surface area contributed by atoms with E-state index in [9.17, 15) is 27.9 Å². The third-order valence-corrected chi connectivity index (χ3v) is 4.52. The fourth-order valence-electron chi connectivity index (χ4n) is 3.29. The maximum Gasteiger partial charge on any atom is 0.451 e. The van der Waals surface area contributed by atoms with Crippen molar-refractivity contribution in [1.29, 1.82) is 0 Å². The Bertz CT molecular complexity index is 906. The van der Waals surface area contributed by atoms with Crippen LogP contribution in [0.1, 0.15) is 64.5 Å². The van der Waals surface area contributed by atoms with Crippen molar-refractivity contribution >= 4 is 23.9 Å². The molecule has 0 aromatic heterocycles. The minimum atomic E-state index is -5.25. The summed E-state index contributed by atoms with van der Waals surface area (Å²) in [6, 6.07) is 1.33. The molecule has 28 heavy (non-hydrogen) atoms. The number of rotatable bonds is 4. The van der Waals surface area contributed by atoms with E-state index in [1.807, 2.05) is 26.8 Å². The molecular formula is C21H25F3O4. The number of halogens is 3. The van der Waals surface area contributed by atoms with Gasteiger partial charge in [0.15, 0.2) is 5.92 Å². The lowest BCUT2D eigenvalue weighted by atomic mass is 9.80. The number of Topliss-reactive ketones (excluding diaryl/α,β-unsaturated/α-hetero) is 1. The summed E-state index contributed by atoms with van der Waals surface area (Å²) in [6.07, 6.45) is -1.01. The average molecular weight is 398 g/mol. The Kier molecular flexibility index (Phi) is 5.97. The van der Waals surface area contributed by atoms with E-state index in [0.29, 0.717) is 17.2 Å². The number of esters is 1. The summed E-state index contributed by atoms with van der Waals surface area (Å²) in [4.78, 5) is 24.6. The zero-order chi connectivity index (χ0) is 21.4. The maximum atomic E-state index is 13.2. The van der Waals surface area contributed by atoms with Gasteiger partial charge in [0.25, 0.3) is 5.78 Å². The van der Waals surface area contributed by atoms with Gasteiger partial charge in [-0.25, -0.2) is 0 Å². The van der Waals surface area contributed by atoms with Gasteiger partial charge in [-0.2, -0.15) is 13.2 Å². The molecule has 0 saturated heterocycles. The quantitative estimate of drug-likeness (QED) is 0.625. The Morgan fingerprint density at radius 3 is 2.07 bits per heavy atom. The molecule has 1 aliphatic rings. The molecule has 0 heterocycles. The number of hydrogen-bond donors (Lipinski definition) is 1. The molecule has 1 aliphatic carbocycles. The number of carbonyl (C=O) groups excluding carboxylic acids is 2. The minimum absolute atomic E-state index is 0.353. The van der Waals surface area contributed by atoms with Crippen LogP contribution in [0.3, 0.4) is 0 Å². The lowest BCUT2D eigenvalue weighted by Crippen LogP contribution is -2.40. The number of ketones is 1. The van der Waals surface area contributed by atoms with Crippen LogP contribution >= 0.6 is 0 Å². The molecule has 0 radical (unpaired) electrons. The van der Waals surface area contributed by atoms with Crippen molar-refractivity contribution in [2.45, 2.75) is 71.1 Å². The number of carbonyl (C=O) groups is 2. The number of benzene rings is 1. The van der Waals surface area contributed by atoms with Crippen LogP contribution in [0.5, 0.6) is 5.75 Å². The summed E-state index contributed by atoms with van der Waals surface area (Å²) in [5.41, 5.74) is -0.200. The van der Waals surface area contributed by atoms with Gasteiger partial charge < -0.3 is 9.84 Å². The van der Waals surface area contributed by atoms with Crippen molar-refractivity contribution in [1.82, 2.24) is 0 Å². The zero-order valence-corrected chi connectivity index (χ0v) is 16.6. The van der Waals surface area contributed by atoms with E-state index < -0.39 is 41.1 Å². The SMILES string of the molecule is CC(C)OC(=O)C(C(=O)C(F)(F)F)c1cc(C(C)(C)C)c2c(c1O)=CCCC=2. The Labute approximate surface area is 161 Å². The Hall–Kier alpha value is -2.31. The molecule has 1 aromatic carbocycles. The summed E-state index contributed by atoms with van der Waals surface area (Å²) in [7, 11) is 0. The highest BCUT2D eigenvalue weighted by Crippen LogP contribution is 2.34. The third-order valence-electron chi connectivity index (χ3n) is 4.52. The first-order valence-corrected chi connectivity index (χ1v) is 9.13. The van der Waals surface area contributed by atoms with Crippen LogP contribution in [0.4, 0.5) is 13.2 Å². The lowest BCUT2D eigenvalue weighted by Gasteiger charge is -2.26. The van der Waals surface area contributed by atoms with E-state index in [0.717, 1.165) is 11.6 Å². The number of hydrogen-bond acceptors (Lipinski definition) is 4. The van der Waals surface area contributed by atoms with Crippen molar-refractivity contribution in [2.75, 3.05) is 0 Å². The fraction of sp³-hybridized carbons (Fsp3) is 0.524. The van der Waals surface area contributed by atoms with Crippen molar-refractivity contribution in [3.8, 4) is 5.75 Å². The number of phenols is 1. The first-order valence-electron chi connectivity index (χ1n) is 9.13. The highest BCUT2D eigenvalue weighted by molar-refractivity contribution is 6.07. The van der Waals surface area contributed by atoms with Gasteiger partial charge in [0.05, 0.1) is 6.10 Å². The molecule has 1 atom stereocenters. The van der Waals surface area contributed by atoms with E-state index in [-0.39, 0.29) is 5.56 Å². The zero-order valence-electron chi connectivity index (χ0n) is 16.6. The highest BCUT2D eigenvalue weighted by atomic mass is 19.4. The molecule has 0 bridgehead atoms. The smallest absolute Gasteiger partial charge is 0.451 e. The van der Waals surface area contributed by atoms with Crippen LogP contribution in [0.2, 0.25) is 0 Å². The number of ether oxygens (including phenoxy) is 1. The molecule has 4 nitrogen and oxygen atoms in total. The summed E-state index contributed by atoms with van der Waals surface area (Å²) in [6.45, 7) is 8.57. The largest absolute Gasteiger partial charge is 0.507 e. The molecule has 0 spiro atoms. The molecule has 0 amide bonds. The van der Waals surface area contributed by atoms with Crippen LogP contribution in [-0.4, -0.2) is 29.1 Å². The lowest BCUT2D eigenvalue weighted by molar-refractivity contribution is -0.178. The Morgan fingerprint density at radius 1 is 1.07 bits per heavy atom.